The molecule has 1 N–H and O–H groups in total. The summed E-state index contributed by atoms with van der Waals surface area (Å²) in [4.78, 5) is 14.5. The first-order valence-electron chi connectivity index (χ1n) is 4.53. The lowest BCUT2D eigenvalue weighted by Gasteiger charge is -2.09. The number of carbonyl (C=O) groups excluding carboxylic acids is 1. The van der Waals surface area contributed by atoms with E-state index in [1.165, 1.54) is 6.42 Å². The first-order valence-corrected chi connectivity index (χ1v) is 4.53. The van der Waals surface area contributed by atoms with Crippen LogP contribution in [0.1, 0.15) is 34.8 Å². The van der Waals surface area contributed by atoms with Gasteiger partial charge in [-0.3, -0.25) is 9.78 Å². The van der Waals surface area contributed by atoms with Crippen molar-refractivity contribution in [3.05, 3.63) is 29.6 Å². The van der Waals surface area contributed by atoms with E-state index in [9.17, 15) is 4.79 Å². The summed E-state index contributed by atoms with van der Waals surface area (Å²) in [6.07, 6.45) is 6.60. The minimum Gasteiger partial charge on any atom is -0.310 e. The Morgan fingerprint density at radius 1 is 1.54 bits per heavy atom. The lowest BCUT2D eigenvalue weighted by molar-refractivity contribution is 0.112. The molecule has 0 amide bonds. The summed E-state index contributed by atoms with van der Waals surface area (Å²) in [5.41, 5.74) is 1.79. The molecule has 0 aromatic carbocycles. The Morgan fingerprint density at radius 2 is 2.46 bits per heavy atom. The van der Waals surface area contributed by atoms with Gasteiger partial charge in [0.05, 0.1) is 0 Å². The lowest BCUT2D eigenvalue weighted by Crippen LogP contribution is -2.13. The third-order valence-electron chi connectivity index (χ3n) is 2.38. The second-order valence-corrected chi connectivity index (χ2v) is 3.32. The fraction of sp³-hybridized carbons (Fsp3) is 0.400. The van der Waals surface area contributed by atoms with Crippen LogP contribution in [0.15, 0.2) is 18.5 Å². The van der Waals surface area contributed by atoms with Crippen LogP contribution >= 0.6 is 0 Å². The summed E-state index contributed by atoms with van der Waals surface area (Å²) in [7, 11) is 0. The van der Waals surface area contributed by atoms with Crippen molar-refractivity contribution in [1.29, 1.82) is 0 Å². The van der Waals surface area contributed by atoms with E-state index in [0.29, 0.717) is 11.6 Å². The molecule has 1 atom stereocenters. The molecule has 1 aliphatic heterocycles. The summed E-state index contributed by atoms with van der Waals surface area (Å²) in [6, 6.07) is 2.30. The van der Waals surface area contributed by atoms with Crippen molar-refractivity contribution in [1.82, 2.24) is 10.3 Å². The average molecular weight is 176 g/mol. The summed E-state index contributed by atoms with van der Waals surface area (Å²) in [5, 5.41) is 3.37. The molecule has 0 radical (unpaired) electrons. The van der Waals surface area contributed by atoms with Crippen LogP contribution in [-0.4, -0.2) is 17.8 Å². The van der Waals surface area contributed by atoms with Gasteiger partial charge in [-0.15, -0.1) is 0 Å². The van der Waals surface area contributed by atoms with Gasteiger partial charge < -0.3 is 5.32 Å². The quantitative estimate of drug-likeness (QED) is 0.691. The topological polar surface area (TPSA) is 42.0 Å². The molecule has 13 heavy (non-hydrogen) atoms. The van der Waals surface area contributed by atoms with E-state index in [0.717, 1.165) is 24.8 Å². The molecule has 0 bridgehead atoms. The third kappa shape index (κ3) is 1.75. The van der Waals surface area contributed by atoms with Gasteiger partial charge in [-0.25, -0.2) is 0 Å². The van der Waals surface area contributed by atoms with Crippen molar-refractivity contribution < 1.29 is 4.79 Å². The summed E-state index contributed by atoms with van der Waals surface area (Å²) < 4.78 is 0. The highest BCUT2D eigenvalue weighted by molar-refractivity contribution is 5.74. The second-order valence-electron chi connectivity index (χ2n) is 3.32. The van der Waals surface area contributed by atoms with E-state index in [-0.39, 0.29) is 0 Å². The standard InChI is InChI=1S/C10H12N2O/c13-7-8-4-9(6-11-5-8)10-2-1-3-12-10/h4-7,10,12H,1-3H2/t10-/m1/s1. The van der Waals surface area contributed by atoms with E-state index < -0.39 is 0 Å². The Bertz CT molecular complexity index is 306. The van der Waals surface area contributed by atoms with Crippen molar-refractivity contribution in [3.63, 3.8) is 0 Å². The van der Waals surface area contributed by atoms with E-state index in [2.05, 4.69) is 10.3 Å². The fourth-order valence-electron chi connectivity index (χ4n) is 1.70. The van der Waals surface area contributed by atoms with Crippen LogP contribution in [0.2, 0.25) is 0 Å². The molecule has 0 saturated carbocycles. The van der Waals surface area contributed by atoms with Crippen LogP contribution in [0, 0.1) is 0 Å². The summed E-state index contributed by atoms with van der Waals surface area (Å²) in [5.74, 6) is 0. The van der Waals surface area contributed by atoms with Gasteiger partial charge in [0.25, 0.3) is 0 Å². The SMILES string of the molecule is O=Cc1cncc([C@H]2CCCN2)c1. The van der Waals surface area contributed by atoms with Crippen molar-refractivity contribution >= 4 is 6.29 Å². The molecular formula is C10H12N2O. The first-order chi connectivity index (χ1) is 6.40. The monoisotopic (exact) mass is 176 g/mol. The van der Waals surface area contributed by atoms with Crippen LogP contribution in [0.3, 0.4) is 0 Å². The molecule has 1 aromatic rings. The van der Waals surface area contributed by atoms with Gasteiger partial charge in [0, 0.05) is 24.0 Å². The highest BCUT2D eigenvalue weighted by atomic mass is 16.1. The normalized spacial score (nSPS) is 21.7. The zero-order chi connectivity index (χ0) is 9.10. The molecule has 0 aliphatic carbocycles. The van der Waals surface area contributed by atoms with Gasteiger partial charge in [-0.1, -0.05) is 0 Å². The Morgan fingerprint density at radius 3 is 3.15 bits per heavy atom. The number of hydrogen-bond acceptors (Lipinski definition) is 3. The zero-order valence-corrected chi connectivity index (χ0v) is 7.36. The molecule has 68 valence electrons. The molecule has 3 heteroatoms. The maximum absolute atomic E-state index is 10.5. The minimum absolute atomic E-state index is 0.396. The number of aromatic nitrogens is 1. The maximum atomic E-state index is 10.5. The van der Waals surface area contributed by atoms with Gasteiger partial charge in [-0.05, 0) is 31.0 Å². The van der Waals surface area contributed by atoms with Gasteiger partial charge in [-0.2, -0.15) is 0 Å². The van der Waals surface area contributed by atoms with Gasteiger partial charge in [0.2, 0.25) is 0 Å². The van der Waals surface area contributed by atoms with E-state index in [1.54, 1.807) is 6.20 Å². The molecule has 1 aromatic heterocycles. The largest absolute Gasteiger partial charge is 0.310 e. The molecule has 3 nitrogen and oxygen atoms in total. The highest BCUT2D eigenvalue weighted by Crippen LogP contribution is 2.22. The molecule has 0 spiro atoms. The molecular weight excluding hydrogens is 164 g/mol. The van der Waals surface area contributed by atoms with Crippen LogP contribution in [-0.2, 0) is 0 Å². The number of nitrogens with one attached hydrogen (secondary N) is 1. The number of hydrogen-bond donors (Lipinski definition) is 1. The minimum atomic E-state index is 0.396. The molecule has 1 fully saturated rings. The molecule has 2 heterocycles. The van der Waals surface area contributed by atoms with Crippen molar-refractivity contribution in [3.8, 4) is 0 Å². The van der Waals surface area contributed by atoms with E-state index >= 15 is 0 Å². The van der Waals surface area contributed by atoms with Crippen LogP contribution < -0.4 is 5.32 Å². The molecule has 1 aliphatic rings. The smallest absolute Gasteiger partial charge is 0.151 e. The Balaban J connectivity index is 2.23. The van der Waals surface area contributed by atoms with Crippen LogP contribution in [0.5, 0.6) is 0 Å². The number of rotatable bonds is 2. The van der Waals surface area contributed by atoms with Crippen molar-refractivity contribution in [2.45, 2.75) is 18.9 Å². The predicted octanol–water partition coefficient (Wildman–Crippen LogP) is 1.32. The predicted molar refractivity (Wildman–Crippen MR) is 49.6 cm³/mol. The Labute approximate surface area is 77.2 Å². The Kier molecular flexibility index (Phi) is 2.36. The van der Waals surface area contributed by atoms with Gasteiger partial charge >= 0.3 is 0 Å². The average Bonchev–Trinajstić information content (AvgIpc) is 2.71. The highest BCUT2D eigenvalue weighted by Gasteiger charge is 2.16. The molecule has 0 unspecified atom stereocenters. The van der Waals surface area contributed by atoms with Gasteiger partial charge in [0.1, 0.15) is 0 Å². The van der Waals surface area contributed by atoms with Crippen LogP contribution in [0.25, 0.3) is 0 Å². The second kappa shape index (κ2) is 3.66. The van der Waals surface area contributed by atoms with Crippen LogP contribution in [0.4, 0.5) is 0 Å². The number of pyridine rings is 1. The fourth-order valence-corrected chi connectivity index (χ4v) is 1.70. The first kappa shape index (κ1) is 8.38. The van der Waals surface area contributed by atoms with Crippen molar-refractivity contribution in [2.24, 2.45) is 0 Å². The lowest BCUT2D eigenvalue weighted by atomic mass is 10.1. The van der Waals surface area contributed by atoms with Crippen molar-refractivity contribution in [2.75, 3.05) is 6.54 Å². The zero-order valence-electron chi connectivity index (χ0n) is 7.36. The molecule has 1 saturated heterocycles. The summed E-state index contributed by atoms with van der Waals surface area (Å²) in [6.45, 7) is 1.07. The van der Waals surface area contributed by atoms with E-state index in [4.69, 9.17) is 0 Å². The summed E-state index contributed by atoms with van der Waals surface area (Å²) >= 11 is 0. The Hall–Kier alpha value is -1.22. The number of nitrogens with zero attached hydrogens (tertiary/aromatic N) is 1. The van der Waals surface area contributed by atoms with Gasteiger partial charge in [0.15, 0.2) is 6.29 Å². The third-order valence-corrected chi connectivity index (χ3v) is 2.38. The van der Waals surface area contributed by atoms with E-state index in [1.807, 2.05) is 12.3 Å². The number of carbonyl (C=O) groups is 1. The number of aldehydes is 1. The maximum Gasteiger partial charge on any atom is 0.151 e. The molecule has 2 rings (SSSR count).